The SMILES string of the molecule is NC(=O)c1c2ccc3nncc3c2[nH]n1CCO. The van der Waals surface area contributed by atoms with Crippen molar-refractivity contribution in [2.75, 3.05) is 6.61 Å². The van der Waals surface area contributed by atoms with Crippen LogP contribution in [0.4, 0.5) is 0 Å². The van der Waals surface area contributed by atoms with Crippen molar-refractivity contribution >= 4 is 27.7 Å². The van der Waals surface area contributed by atoms with E-state index in [1.807, 2.05) is 0 Å². The summed E-state index contributed by atoms with van der Waals surface area (Å²) in [7, 11) is 0. The molecule has 0 saturated carbocycles. The third-order valence-electron chi connectivity index (χ3n) is 2.90. The number of carbonyl (C=O) groups is 1. The number of aromatic nitrogens is 4. The van der Waals surface area contributed by atoms with Crippen molar-refractivity contribution in [2.45, 2.75) is 6.54 Å². The van der Waals surface area contributed by atoms with Crippen molar-refractivity contribution in [3.05, 3.63) is 24.0 Å². The molecule has 3 rings (SSSR count). The number of fused-ring (bicyclic) bond motifs is 3. The monoisotopic (exact) mass is 245 g/mol. The number of nitrogens with one attached hydrogen (secondary N) is 1. The first-order chi connectivity index (χ1) is 8.72. The van der Waals surface area contributed by atoms with Gasteiger partial charge in [0.15, 0.2) is 0 Å². The fourth-order valence-electron chi connectivity index (χ4n) is 2.16. The zero-order valence-corrected chi connectivity index (χ0v) is 9.42. The van der Waals surface area contributed by atoms with E-state index in [1.165, 1.54) is 0 Å². The average Bonchev–Trinajstić information content (AvgIpc) is 2.90. The fourth-order valence-corrected chi connectivity index (χ4v) is 2.16. The van der Waals surface area contributed by atoms with Gasteiger partial charge >= 0.3 is 0 Å². The first kappa shape index (κ1) is 10.7. The van der Waals surface area contributed by atoms with Crippen LogP contribution in [-0.2, 0) is 6.54 Å². The largest absolute Gasteiger partial charge is 0.394 e. The van der Waals surface area contributed by atoms with Gasteiger partial charge in [0, 0.05) is 10.8 Å². The average molecular weight is 245 g/mol. The summed E-state index contributed by atoms with van der Waals surface area (Å²) < 4.78 is 1.54. The van der Waals surface area contributed by atoms with Gasteiger partial charge in [0.2, 0.25) is 0 Å². The molecule has 3 aromatic rings. The highest BCUT2D eigenvalue weighted by molar-refractivity contribution is 6.12. The predicted molar refractivity (Wildman–Crippen MR) is 65.0 cm³/mol. The summed E-state index contributed by atoms with van der Waals surface area (Å²) in [5.41, 5.74) is 7.23. The van der Waals surface area contributed by atoms with Gasteiger partial charge in [-0.05, 0) is 12.1 Å². The zero-order valence-electron chi connectivity index (χ0n) is 9.42. The molecule has 0 saturated heterocycles. The lowest BCUT2D eigenvalue weighted by atomic mass is 10.1. The molecule has 0 atom stereocenters. The van der Waals surface area contributed by atoms with Gasteiger partial charge in [-0.1, -0.05) is 0 Å². The van der Waals surface area contributed by atoms with E-state index in [0.29, 0.717) is 11.1 Å². The Morgan fingerprint density at radius 3 is 3.00 bits per heavy atom. The van der Waals surface area contributed by atoms with E-state index in [1.54, 1.807) is 23.0 Å². The molecule has 18 heavy (non-hydrogen) atoms. The Bertz CT molecular complexity index is 742. The molecule has 0 fully saturated rings. The molecule has 7 nitrogen and oxygen atoms in total. The van der Waals surface area contributed by atoms with Gasteiger partial charge in [0.25, 0.3) is 5.91 Å². The Balaban J connectivity index is 2.41. The molecule has 0 unspecified atom stereocenters. The second-order valence-electron chi connectivity index (χ2n) is 3.97. The molecule has 0 bridgehead atoms. The predicted octanol–water partition coefficient (Wildman–Crippen LogP) is 0.00380. The van der Waals surface area contributed by atoms with Crippen LogP contribution in [0.2, 0.25) is 0 Å². The number of H-pyrrole nitrogens is 1. The maximum Gasteiger partial charge on any atom is 0.267 e. The maximum atomic E-state index is 11.5. The van der Waals surface area contributed by atoms with Gasteiger partial charge < -0.3 is 10.8 Å². The minimum absolute atomic E-state index is 0.0849. The van der Waals surface area contributed by atoms with Gasteiger partial charge in [0.05, 0.1) is 30.4 Å². The maximum absolute atomic E-state index is 11.5. The summed E-state index contributed by atoms with van der Waals surface area (Å²) in [6.07, 6.45) is 1.63. The zero-order chi connectivity index (χ0) is 12.7. The molecule has 7 heteroatoms. The lowest BCUT2D eigenvalue weighted by Crippen LogP contribution is -2.19. The van der Waals surface area contributed by atoms with Crippen LogP contribution in [-0.4, -0.2) is 37.6 Å². The molecule has 1 aromatic carbocycles. The van der Waals surface area contributed by atoms with E-state index in [4.69, 9.17) is 10.8 Å². The molecule has 0 aliphatic rings. The molecule has 0 aliphatic heterocycles. The van der Waals surface area contributed by atoms with E-state index in [0.717, 1.165) is 16.4 Å². The molecule has 0 spiro atoms. The van der Waals surface area contributed by atoms with Crippen LogP contribution < -0.4 is 5.73 Å². The van der Waals surface area contributed by atoms with E-state index in [2.05, 4.69) is 15.3 Å². The van der Waals surface area contributed by atoms with Crippen molar-refractivity contribution in [3.63, 3.8) is 0 Å². The molecule has 4 N–H and O–H groups in total. The van der Waals surface area contributed by atoms with Crippen molar-refractivity contribution < 1.29 is 9.90 Å². The molecule has 2 aromatic heterocycles. The minimum atomic E-state index is -0.540. The number of aliphatic hydroxyl groups excluding tert-OH is 1. The van der Waals surface area contributed by atoms with Crippen LogP contribution in [0, 0.1) is 0 Å². The summed E-state index contributed by atoms with van der Waals surface area (Å²) in [6.45, 7) is 0.189. The third kappa shape index (κ3) is 1.37. The van der Waals surface area contributed by atoms with E-state index < -0.39 is 5.91 Å². The molecular weight excluding hydrogens is 234 g/mol. The Morgan fingerprint density at radius 1 is 1.44 bits per heavy atom. The first-order valence-electron chi connectivity index (χ1n) is 5.45. The molecule has 92 valence electrons. The topological polar surface area (TPSA) is 110 Å². The number of aromatic amines is 1. The quantitative estimate of drug-likeness (QED) is 0.603. The highest BCUT2D eigenvalue weighted by Gasteiger charge is 2.16. The van der Waals surface area contributed by atoms with Crippen molar-refractivity contribution in [1.29, 1.82) is 0 Å². The van der Waals surface area contributed by atoms with Gasteiger partial charge in [-0.15, -0.1) is 0 Å². The molecule has 1 amide bonds. The summed E-state index contributed by atoms with van der Waals surface area (Å²) >= 11 is 0. The number of carbonyl (C=O) groups excluding carboxylic acids is 1. The van der Waals surface area contributed by atoms with Gasteiger partial charge in [-0.2, -0.15) is 10.2 Å². The lowest BCUT2D eigenvalue weighted by molar-refractivity contribution is 0.0990. The number of rotatable bonds is 3. The van der Waals surface area contributed by atoms with Crippen LogP contribution >= 0.6 is 0 Å². The Morgan fingerprint density at radius 2 is 2.28 bits per heavy atom. The molecule has 0 aliphatic carbocycles. The van der Waals surface area contributed by atoms with Crippen molar-refractivity contribution in [1.82, 2.24) is 20.0 Å². The minimum Gasteiger partial charge on any atom is -0.394 e. The van der Waals surface area contributed by atoms with Crippen LogP contribution in [0.1, 0.15) is 10.5 Å². The third-order valence-corrected chi connectivity index (χ3v) is 2.90. The van der Waals surface area contributed by atoms with Gasteiger partial charge in [0.1, 0.15) is 5.69 Å². The van der Waals surface area contributed by atoms with Gasteiger partial charge in [-0.3, -0.25) is 14.6 Å². The lowest BCUT2D eigenvalue weighted by Gasteiger charge is -2.02. The van der Waals surface area contributed by atoms with Crippen LogP contribution in [0.25, 0.3) is 21.8 Å². The smallest absolute Gasteiger partial charge is 0.267 e. The summed E-state index contributed by atoms with van der Waals surface area (Å²) in [5, 5.41) is 21.4. The van der Waals surface area contributed by atoms with Crippen molar-refractivity contribution in [2.24, 2.45) is 5.73 Å². The number of primary amides is 1. The Kier molecular flexibility index (Phi) is 2.27. The van der Waals surface area contributed by atoms with E-state index in [9.17, 15) is 4.79 Å². The molecular formula is C11H11N5O2. The number of nitrogens with zero attached hydrogens (tertiary/aromatic N) is 3. The van der Waals surface area contributed by atoms with Crippen molar-refractivity contribution in [3.8, 4) is 0 Å². The highest BCUT2D eigenvalue weighted by Crippen LogP contribution is 2.25. The summed E-state index contributed by atoms with van der Waals surface area (Å²) in [4.78, 5) is 11.5. The Labute approximate surface area is 101 Å². The number of amides is 1. The van der Waals surface area contributed by atoms with E-state index in [-0.39, 0.29) is 13.2 Å². The fraction of sp³-hybridized carbons (Fsp3) is 0.182. The standard InChI is InChI=1S/C11H11N5O2/c12-11(18)10-6-1-2-8-7(5-13-14-8)9(6)15-16(10)3-4-17/h1-2,5,15,17H,3-4H2,(H2,12,18). The van der Waals surface area contributed by atoms with Crippen LogP contribution in [0.5, 0.6) is 0 Å². The van der Waals surface area contributed by atoms with E-state index >= 15 is 0 Å². The number of nitrogens with two attached hydrogens (primary N) is 1. The highest BCUT2D eigenvalue weighted by atomic mass is 16.3. The summed E-state index contributed by atoms with van der Waals surface area (Å²) in [5.74, 6) is -0.540. The number of benzene rings is 1. The number of hydrogen-bond acceptors (Lipinski definition) is 4. The van der Waals surface area contributed by atoms with Crippen LogP contribution in [0.15, 0.2) is 18.3 Å². The second kappa shape index (κ2) is 3.81. The van der Waals surface area contributed by atoms with Crippen LogP contribution in [0.3, 0.4) is 0 Å². The molecule has 0 radical (unpaired) electrons. The number of aliphatic hydroxyl groups is 1. The van der Waals surface area contributed by atoms with Gasteiger partial charge in [-0.25, -0.2) is 0 Å². The normalized spacial score (nSPS) is 11.4. The first-order valence-corrected chi connectivity index (χ1v) is 5.45. The Hall–Kier alpha value is -2.41. The second-order valence-corrected chi connectivity index (χ2v) is 3.97. The molecule has 2 heterocycles. The number of hydrogen-bond donors (Lipinski definition) is 3. The summed E-state index contributed by atoms with van der Waals surface area (Å²) in [6, 6.07) is 3.56.